The van der Waals surface area contributed by atoms with Crippen molar-refractivity contribution in [1.82, 2.24) is 4.98 Å². The second-order valence-electron chi connectivity index (χ2n) is 7.78. The highest BCUT2D eigenvalue weighted by atomic mass is 16.5. The van der Waals surface area contributed by atoms with Gasteiger partial charge in [0.15, 0.2) is 11.6 Å². The highest BCUT2D eigenvalue weighted by molar-refractivity contribution is 6.06. The first-order valence-electron chi connectivity index (χ1n) is 10.5. The summed E-state index contributed by atoms with van der Waals surface area (Å²) in [6.45, 7) is 3.34. The highest BCUT2D eigenvalue weighted by Crippen LogP contribution is 2.28. The first-order valence-corrected chi connectivity index (χ1v) is 10.5. The average Bonchev–Trinajstić information content (AvgIpc) is 2.72. The van der Waals surface area contributed by atoms with E-state index in [0.29, 0.717) is 35.5 Å². The molecular weight excluding hydrogens is 396 g/mol. The van der Waals surface area contributed by atoms with Gasteiger partial charge in [-0.25, -0.2) is 4.98 Å². The molecule has 0 saturated heterocycles. The summed E-state index contributed by atoms with van der Waals surface area (Å²) in [6, 6.07) is 8.19. The number of anilines is 3. The number of pyridine rings is 1. The van der Waals surface area contributed by atoms with Gasteiger partial charge in [0.2, 0.25) is 11.8 Å². The Balaban J connectivity index is 1.76. The Labute approximate surface area is 181 Å². The van der Waals surface area contributed by atoms with E-state index >= 15 is 0 Å². The number of nitrogens with one attached hydrogen (secondary N) is 3. The number of aromatic nitrogens is 1. The van der Waals surface area contributed by atoms with Gasteiger partial charge in [0.05, 0.1) is 6.61 Å². The molecule has 164 valence electrons. The van der Waals surface area contributed by atoms with Gasteiger partial charge in [0.25, 0.3) is 5.91 Å². The Morgan fingerprint density at radius 1 is 0.968 bits per heavy atom. The van der Waals surface area contributed by atoms with Gasteiger partial charge < -0.3 is 20.7 Å². The third kappa shape index (κ3) is 6.80. The first kappa shape index (κ1) is 22.3. The van der Waals surface area contributed by atoms with Crippen molar-refractivity contribution in [1.29, 1.82) is 0 Å². The molecule has 0 radical (unpaired) electrons. The van der Waals surface area contributed by atoms with E-state index < -0.39 is 5.91 Å². The monoisotopic (exact) mass is 424 g/mol. The standard InChI is InChI=1S/C23H28N4O4/c1-15(28)25-19-11-18(12-20(13-19)26-16(2)29)23(30)27-22-21(9-6-10-24-22)31-14-17-7-4-3-5-8-17/h6,9-13,17H,3-5,7-8,14H2,1-2H3,(H,25,28)(H,26,29)(H,24,27,30). The Morgan fingerprint density at radius 3 is 2.23 bits per heavy atom. The zero-order valence-corrected chi connectivity index (χ0v) is 17.9. The number of rotatable bonds is 7. The number of nitrogens with zero attached hydrogens (tertiary/aromatic N) is 1. The molecule has 31 heavy (non-hydrogen) atoms. The zero-order chi connectivity index (χ0) is 22.2. The number of amides is 3. The van der Waals surface area contributed by atoms with E-state index in [1.54, 1.807) is 24.4 Å². The van der Waals surface area contributed by atoms with Crippen LogP contribution in [0.5, 0.6) is 5.75 Å². The average molecular weight is 425 g/mol. The number of ether oxygens (including phenoxy) is 1. The van der Waals surface area contributed by atoms with Crippen LogP contribution in [0, 0.1) is 5.92 Å². The molecule has 3 amide bonds. The molecule has 1 aliphatic rings. The van der Waals surface area contributed by atoms with Crippen LogP contribution in [0.15, 0.2) is 36.5 Å². The predicted molar refractivity (Wildman–Crippen MR) is 119 cm³/mol. The quantitative estimate of drug-likeness (QED) is 0.617. The van der Waals surface area contributed by atoms with Crippen LogP contribution in [0.3, 0.4) is 0 Å². The summed E-state index contributed by atoms with van der Waals surface area (Å²) in [5.41, 5.74) is 1.07. The van der Waals surface area contributed by atoms with E-state index in [4.69, 9.17) is 4.74 Å². The van der Waals surface area contributed by atoms with E-state index in [1.807, 2.05) is 0 Å². The van der Waals surface area contributed by atoms with Gasteiger partial charge in [-0.2, -0.15) is 0 Å². The molecule has 1 heterocycles. The summed E-state index contributed by atoms with van der Waals surface area (Å²) in [5, 5.41) is 8.05. The van der Waals surface area contributed by atoms with Crippen LogP contribution in [0.1, 0.15) is 56.3 Å². The van der Waals surface area contributed by atoms with Crippen LogP contribution in [0.2, 0.25) is 0 Å². The molecule has 8 heteroatoms. The third-order valence-corrected chi connectivity index (χ3v) is 5.04. The van der Waals surface area contributed by atoms with Crippen LogP contribution < -0.4 is 20.7 Å². The fraction of sp³-hybridized carbons (Fsp3) is 0.391. The topological polar surface area (TPSA) is 109 Å². The molecule has 0 spiro atoms. The molecule has 0 unspecified atom stereocenters. The molecule has 0 bridgehead atoms. The largest absolute Gasteiger partial charge is 0.489 e. The van der Waals surface area contributed by atoms with E-state index in [9.17, 15) is 14.4 Å². The number of carbonyl (C=O) groups excluding carboxylic acids is 3. The summed E-state index contributed by atoms with van der Waals surface area (Å²) in [6.07, 6.45) is 7.63. The maximum atomic E-state index is 12.9. The fourth-order valence-electron chi connectivity index (χ4n) is 3.65. The van der Waals surface area contributed by atoms with Gasteiger partial charge in [0, 0.05) is 37.0 Å². The van der Waals surface area contributed by atoms with E-state index in [-0.39, 0.29) is 17.4 Å². The maximum Gasteiger partial charge on any atom is 0.257 e. The molecule has 3 rings (SSSR count). The van der Waals surface area contributed by atoms with Gasteiger partial charge in [-0.15, -0.1) is 0 Å². The smallest absolute Gasteiger partial charge is 0.257 e. The molecule has 0 atom stereocenters. The minimum Gasteiger partial charge on any atom is -0.489 e. The summed E-state index contributed by atoms with van der Waals surface area (Å²) in [4.78, 5) is 40.0. The number of hydrogen-bond donors (Lipinski definition) is 3. The zero-order valence-electron chi connectivity index (χ0n) is 17.9. The van der Waals surface area contributed by atoms with Crippen LogP contribution >= 0.6 is 0 Å². The van der Waals surface area contributed by atoms with E-state index in [0.717, 1.165) is 12.8 Å². The third-order valence-electron chi connectivity index (χ3n) is 5.04. The summed E-state index contributed by atoms with van der Waals surface area (Å²) in [5.74, 6) is 0.367. The van der Waals surface area contributed by atoms with Crippen molar-refractivity contribution < 1.29 is 19.1 Å². The highest BCUT2D eigenvalue weighted by Gasteiger charge is 2.17. The van der Waals surface area contributed by atoms with Crippen LogP contribution in [0.25, 0.3) is 0 Å². The van der Waals surface area contributed by atoms with Crippen molar-refractivity contribution in [3.05, 3.63) is 42.1 Å². The van der Waals surface area contributed by atoms with Crippen molar-refractivity contribution in [2.24, 2.45) is 5.92 Å². The number of hydrogen-bond acceptors (Lipinski definition) is 5. The normalized spacial score (nSPS) is 13.9. The molecule has 1 aliphatic carbocycles. The van der Waals surface area contributed by atoms with Gasteiger partial charge >= 0.3 is 0 Å². The van der Waals surface area contributed by atoms with Crippen LogP contribution in [0.4, 0.5) is 17.2 Å². The fourth-order valence-corrected chi connectivity index (χ4v) is 3.65. The molecule has 1 saturated carbocycles. The lowest BCUT2D eigenvalue weighted by Crippen LogP contribution is -2.18. The van der Waals surface area contributed by atoms with Crippen molar-refractivity contribution >= 4 is 34.9 Å². The Bertz CT molecular complexity index is 920. The molecular formula is C23H28N4O4. The number of carbonyl (C=O) groups is 3. The van der Waals surface area contributed by atoms with Gasteiger partial charge in [-0.05, 0) is 49.1 Å². The molecule has 3 N–H and O–H groups in total. The SMILES string of the molecule is CC(=O)Nc1cc(NC(C)=O)cc(C(=O)Nc2ncccc2OCC2CCCCC2)c1. The molecule has 0 aliphatic heterocycles. The lowest BCUT2D eigenvalue weighted by atomic mass is 9.90. The van der Waals surface area contributed by atoms with Crippen LogP contribution in [-0.4, -0.2) is 29.3 Å². The van der Waals surface area contributed by atoms with Gasteiger partial charge in [-0.3, -0.25) is 14.4 Å². The van der Waals surface area contributed by atoms with Crippen molar-refractivity contribution in [2.45, 2.75) is 46.0 Å². The molecule has 1 aromatic heterocycles. The van der Waals surface area contributed by atoms with Crippen molar-refractivity contribution in [2.75, 3.05) is 22.6 Å². The van der Waals surface area contributed by atoms with Gasteiger partial charge in [0.1, 0.15) is 0 Å². The first-order chi connectivity index (χ1) is 14.9. The molecule has 1 aromatic carbocycles. The molecule has 2 aromatic rings. The Hall–Kier alpha value is -3.42. The van der Waals surface area contributed by atoms with E-state index in [2.05, 4.69) is 20.9 Å². The Kier molecular flexibility index (Phi) is 7.59. The van der Waals surface area contributed by atoms with Gasteiger partial charge in [-0.1, -0.05) is 19.3 Å². The summed E-state index contributed by atoms with van der Waals surface area (Å²) in [7, 11) is 0. The van der Waals surface area contributed by atoms with Crippen molar-refractivity contribution in [3.8, 4) is 5.75 Å². The maximum absolute atomic E-state index is 12.9. The number of benzene rings is 1. The second-order valence-corrected chi connectivity index (χ2v) is 7.78. The second kappa shape index (κ2) is 10.6. The minimum atomic E-state index is -0.431. The lowest BCUT2D eigenvalue weighted by Gasteiger charge is -2.22. The predicted octanol–water partition coefficient (Wildman–Crippen LogP) is 4.21. The van der Waals surface area contributed by atoms with Crippen LogP contribution in [-0.2, 0) is 9.59 Å². The Morgan fingerprint density at radius 2 is 1.61 bits per heavy atom. The molecule has 8 nitrogen and oxygen atoms in total. The summed E-state index contributed by atoms with van der Waals surface area (Å²) >= 11 is 0. The minimum absolute atomic E-state index is 0.263. The van der Waals surface area contributed by atoms with Crippen molar-refractivity contribution in [3.63, 3.8) is 0 Å². The molecule has 1 fully saturated rings. The van der Waals surface area contributed by atoms with E-state index in [1.165, 1.54) is 45.2 Å². The lowest BCUT2D eigenvalue weighted by molar-refractivity contribution is -0.115. The summed E-state index contributed by atoms with van der Waals surface area (Å²) < 4.78 is 5.97.